The van der Waals surface area contributed by atoms with Crippen molar-refractivity contribution in [3.63, 3.8) is 0 Å². The molecule has 3 nitrogen and oxygen atoms in total. The molecule has 0 aliphatic carbocycles. The number of fused-ring (bicyclic) bond motifs is 1. The van der Waals surface area contributed by atoms with Crippen molar-refractivity contribution in [2.75, 3.05) is 0 Å². The van der Waals surface area contributed by atoms with E-state index in [1.807, 2.05) is 0 Å². The SMILES string of the molecule is O=C([O-])c1ccc2c(Oc3ccc(C(F)(F)F)cc3)cccc2c1.[Na+]. The third-order valence-corrected chi connectivity index (χ3v) is 3.49. The Kier molecular flexibility index (Phi) is 5.77. The zero-order valence-electron chi connectivity index (χ0n) is 13.1. The zero-order valence-corrected chi connectivity index (χ0v) is 15.1. The van der Waals surface area contributed by atoms with Crippen LogP contribution in [0.2, 0.25) is 0 Å². The predicted octanol–water partition coefficient (Wildman–Crippen LogP) is 1.02. The Bertz CT molecular complexity index is 906. The number of carbonyl (C=O) groups is 1. The fraction of sp³-hybridized carbons (Fsp3) is 0.0556. The molecule has 0 radical (unpaired) electrons. The molecule has 0 aliphatic rings. The van der Waals surface area contributed by atoms with E-state index in [-0.39, 0.29) is 40.9 Å². The second-order valence-corrected chi connectivity index (χ2v) is 5.10. The molecule has 122 valence electrons. The van der Waals surface area contributed by atoms with Gasteiger partial charge in [-0.05, 0) is 53.4 Å². The van der Waals surface area contributed by atoms with Crippen molar-refractivity contribution in [3.8, 4) is 11.5 Å². The summed E-state index contributed by atoms with van der Waals surface area (Å²) < 4.78 is 43.3. The van der Waals surface area contributed by atoms with E-state index in [4.69, 9.17) is 4.74 Å². The monoisotopic (exact) mass is 354 g/mol. The van der Waals surface area contributed by atoms with Crippen LogP contribution in [0.4, 0.5) is 13.2 Å². The number of benzene rings is 3. The molecular weight excluding hydrogens is 344 g/mol. The van der Waals surface area contributed by atoms with E-state index >= 15 is 0 Å². The molecule has 0 unspecified atom stereocenters. The predicted molar refractivity (Wildman–Crippen MR) is 79.8 cm³/mol. The first kappa shape index (κ1) is 19.3. The van der Waals surface area contributed by atoms with Gasteiger partial charge in [-0.25, -0.2) is 0 Å². The molecule has 7 heteroatoms. The Hall–Kier alpha value is -2.02. The molecule has 25 heavy (non-hydrogen) atoms. The minimum atomic E-state index is -4.40. The second kappa shape index (κ2) is 7.47. The molecule has 3 aromatic carbocycles. The van der Waals surface area contributed by atoms with Crippen molar-refractivity contribution in [2.24, 2.45) is 0 Å². The number of carboxylic acid groups (broad SMARTS) is 1. The van der Waals surface area contributed by atoms with Crippen LogP contribution in [-0.4, -0.2) is 5.97 Å². The standard InChI is InChI=1S/C18H11F3O3.Na/c19-18(20,21)13-5-7-14(8-6-13)24-16-3-1-2-11-10-12(17(22)23)4-9-15(11)16;/h1-10H,(H,22,23);/q;+1/p-1. The molecule has 0 spiro atoms. The summed E-state index contributed by atoms with van der Waals surface area (Å²) in [6, 6.07) is 13.8. The van der Waals surface area contributed by atoms with Crippen molar-refractivity contribution in [3.05, 3.63) is 71.8 Å². The number of rotatable bonds is 3. The van der Waals surface area contributed by atoms with Crippen LogP contribution in [0.1, 0.15) is 15.9 Å². The van der Waals surface area contributed by atoms with Crippen LogP contribution >= 0.6 is 0 Å². The van der Waals surface area contributed by atoms with Crippen molar-refractivity contribution in [2.45, 2.75) is 6.18 Å². The molecule has 0 atom stereocenters. The van der Waals surface area contributed by atoms with Crippen LogP contribution in [0.3, 0.4) is 0 Å². The minimum Gasteiger partial charge on any atom is -0.545 e. The summed E-state index contributed by atoms with van der Waals surface area (Å²) in [5.41, 5.74) is -0.722. The summed E-state index contributed by atoms with van der Waals surface area (Å²) in [7, 11) is 0. The molecule has 0 saturated carbocycles. The smallest absolute Gasteiger partial charge is 0.545 e. The maximum atomic E-state index is 12.6. The summed E-state index contributed by atoms with van der Waals surface area (Å²) in [4.78, 5) is 10.9. The van der Waals surface area contributed by atoms with E-state index in [0.29, 0.717) is 16.5 Å². The van der Waals surface area contributed by atoms with Gasteiger partial charge in [0.15, 0.2) is 0 Å². The van der Waals surface area contributed by atoms with Gasteiger partial charge in [-0.3, -0.25) is 0 Å². The summed E-state index contributed by atoms with van der Waals surface area (Å²) in [5.74, 6) is -0.623. The molecule has 3 rings (SSSR count). The first-order valence-corrected chi connectivity index (χ1v) is 6.94. The molecule has 0 aliphatic heterocycles. The fourth-order valence-corrected chi connectivity index (χ4v) is 2.31. The van der Waals surface area contributed by atoms with Crippen LogP contribution < -0.4 is 39.4 Å². The molecule has 3 aromatic rings. The molecular formula is C18H10F3NaO3. The Morgan fingerprint density at radius 3 is 2.24 bits per heavy atom. The number of halogens is 3. The van der Waals surface area contributed by atoms with Gasteiger partial charge in [0.1, 0.15) is 11.5 Å². The number of aromatic carboxylic acids is 1. The van der Waals surface area contributed by atoms with Gasteiger partial charge in [0.2, 0.25) is 0 Å². The summed E-state index contributed by atoms with van der Waals surface area (Å²) >= 11 is 0. The van der Waals surface area contributed by atoms with Crippen LogP contribution in [-0.2, 0) is 6.18 Å². The first-order chi connectivity index (χ1) is 11.3. The first-order valence-electron chi connectivity index (χ1n) is 6.94. The average Bonchev–Trinajstić information content (AvgIpc) is 2.54. The van der Waals surface area contributed by atoms with Crippen molar-refractivity contribution in [1.82, 2.24) is 0 Å². The van der Waals surface area contributed by atoms with Crippen LogP contribution in [0.5, 0.6) is 11.5 Å². The number of hydrogen-bond acceptors (Lipinski definition) is 3. The van der Waals surface area contributed by atoms with E-state index in [0.717, 1.165) is 12.1 Å². The summed E-state index contributed by atoms with van der Waals surface area (Å²) in [5, 5.41) is 12.2. The van der Waals surface area contributed by atoms with E-state index in [9.17, 15) is 23.1 Å². The summed E-state index contributed by atoms with van der Waals surface area (Å²) in [6.07, 6.45) is -4.40. The largest absolute Gasteiger partial charge is 1.00 e. The van der Waals surface area contributed by atoms with Gasteiger partial charge in [-0.1, -0.05) is 18.2 Å². The van der Waals surface area contributed by atoms with Gasteiger partial charge in [0.25, 0.3) is 0 Å². The molecule has 0 bridgehead atoms. The van der Waals surface area contributed by atoms with Gasteiger partial charge in [0.05, 0.1) is 11.5 Å². The second-order valence-electron chi connectivity index (χ2n) is 5.10. The zero-order chi connectivity index (χ0) is 17.3. The molecule has 0 fully saturated rings. The Balaban J connectivity index is 0.00000225. The molecule has 0 heterocycles. The quantitative estimate of drug-likeness (QED) is 0.660. The third kappa shape index (κ3) is 4.34. The summed E-state index contributed by atoms with van der Waals surface area (Å²) in [6.45, 7) is 0. The van der Waals surface area contributed by atoms with Gasteiger partial charge < -0.3 is 14.6 Å². The topological polar surface area (TPSA) is 49.4 Å². The number of hydrogen-bond donors (Lipinski definition) is 0. The van der Waals surface area contributed by atoms with E-state index in [1.165, 1.54) is 24.3 Å². The van der Waals surface area contributed by atoms with E-state index in [2.05, 4.69) is 0 Å². The van der Waals surface area contributed by atoms with E-state index < -0.39 is 17.7 Å². The minimum absolute atomic E-state index is 0. The Morgan fingerprint density at radius 1 is 0.960 bits per heavy atom. The third-order valence-electron chi connectivity index (χ3n) is 3.49. The van der Waals surface area contributed by atoms with Gasteiger partial charge in [-0.15, -0.1) is 0 Å². The van der Waals surface area contributed by atoms with Crippen molar-refractivity contribution in [1.29, 1.82) is 0 Å². The van der Waals surface area contributed by atoms with E-state index in [1.54, 1.807) is 24.3 Å². The number of alkyl halides is 3. The maximum absolute atomic E-state index is 12.6. The number of carboxylic acids is 1. The molecule has 0 saturated heterocycles. The Morgan fingerprint density at radius 2 is 1.64 bits per heavy atom. The number of carbonyl (C=O) groups excluding carboxylic acids is 1. The molecule has 0 amide bonds. The van der Waals surface area contributed by atoms with Crippen LogP contribution in [0, 0.1) is 0 Å². The Labute approximate surface area is 163 Å². The van der Waals surface area contributed by atoms with Gasteiger partial charge in [-0.2, -0.15) is 13.2 Å². The molecule has 0 N–H and O–H groups in total. The normalized spacial score (nSPS) is 11.0. The van der Waals surface area contributed by atoms with Gasteiger partial charge in [0, 0.05) is 5.39 Å². The van der Waals surface area contributed by atoms with Crippen LogP contribution in [0.25, 0.3) is 10.8 Å². The fourth-order valence-electron chi connectivity index (χ4n) is 2.31. The molecule has 0 aromatic heterocycles. The van der Waals surface area contributed by atoms with Gasteiger partial charge >= 0.3 is 35.7 Å². The van der Waals surface area contributed by atoms with Crippen molar-refractivity contribution < 1.29 is 57.4 Å². The van der Waals surface area contributed by atoms with Crippen molar-refractivity contribution >= 4 is 16.7 Å². The number of ether oxygens (including phenoxy) is 1. The average molecular weight is 354 g/mol. The maximum Gasteiger partial charge on any atom is 1.00 e. The van der Waals surface area contributed by atoms with Crippen LogP contribution in [0.15, 0.2) is 60.7 Å².